The first-order valence-corrected chi connectivity index (χ1v) is 13.5. The molecule has 0 aliphatic rings. The molecule has 0 heterocycles. The molecular weight excluding hydrogens is 470 g/mol. The van der Waals surface area contributed by atoms with Crippen LogP contribution in [0.15, 0.2) is 121 Å². The van der Waals surface area contributed by atoms with E-state index < -0.39 is 5.60 Å². The van der Waals surface area contributed by atoms with Crippen molar-refractivity contribution in [3.05, 3.63) is 144 Å². The van der Waals surface area contributed by atoms with Crippen LogP contribution in [0, 0.1) is 0 Å². The Morgan fingerprint density at radius 3 is 1.47 bits per heavy atom. The molecule has 0 spiro atoms. The molecule has 0 fully saturated rings. The molecule has 0 saturated heterocycles. The quantitative estimate of drug-likeness (QED) is 0.127. The maximum absolute atomic E-state index is 6.79. The summed E-state index contributed by atoms with van der Waals surface area (Å²) >= 11 is 0. The van der Waals surface area contributed by atoms with Crippen molar-refractivity contribution >= 4 is 0 Å². The van der Waals surface area contributed by atoms with Crippen molar-refractivity contribution in [2.24, 2.45) is 0 Å². The van der Waals surface area contributed by atoms with Gasteiger partial charge in [0.1, 0.15) is 5.60 Å². The first-order chi connectivity index (χ1) is 18.8. The highest BCUT2D eigenvalue weighted by Gasteiger charge is 2.37. The van der Waals surface area contributed by atoms with Crippen LogP contribution in [0.2, 0.25) is 0 Å². The van der Waals surface area contributed by atoms with Crippen LogP contribution in [0.5, 0.6) is 0 Å². The van der Waals surface area contributed by atoms with Crippen LogP contribution in [0.1, 0.15) is 28.7 Å². The topological polar surface area (TPSA) is 30.9 Å². The van der Waals surface area contributed by atoms with E-state index in [1.807, 2.05) is 24.3 Å². The summed E-state index contributed by atoms with van der Waals surface area (Å²) in [6, 6.07) is 41.9. The standard InChI is InChI=1S/C34H39NO3/c1-35(29-30-15-6-2-7-16-30)23-26-37-28-27-36-24-14-25-38-34(31-17-8-3-9-18-31,32-19-10-4-11-20-32)33-21-12-5-13-22-33/h2-13,15-22H,14,23-29H2,1H3. The third-order valence-electron chi connectivity index (χ3n) is 6.58. The van der Waals surface area contributed by atoms with Gasteiger partial charge in [-0.3, -0.25) is 4.90 Å². The monoisotopic (exact) mass is 509 g/mol. The van der Waals surface area contributed by atoms with E-state index in [0.717, 1.165) is 36.2 Å². The lowest BCUT2D eigenvalue weighted by atomic mass is 9.80. The van der Waals surface area contributed by atoms with Crippen LogP contribution in [0.4, 0.5) is 0 Å². The molecule has 38 heavy (non-hydrogen) atoms. The minimum atomic E-state index is -0.682. The first kappa shape index (κ1) is 27.7. The normalized spacial score (nSPS) is 11.6. The maximum atomic E-state index is 6.79. The van der Waals surface area contributed by atoms with Gasteiger partial charge in [-0.15, -0.1) is 0 Å². The molecule has 0 unspecified atom stereocenters. The Kier molecular flexibility index (Phi) is 11.1. The second-order valence-corrected chi connectivity index (χ2v) is 9.43. The van der Waals surface area contributed by atoms with Gasteiger partial charge in [-0.1, -0.05) is 121 Å². The van der Waals surface area contributed by atoms with Gasteiger partial charge in [0.25, 0.3) is 0 Å². The molecule has 4 aromatic carbocycles. The molecule has 0 aromatic heterocycles. The maximum Gasteiger partial charge on any atom is 0.143 e. The van der Waals surface area contributed by atoms with Gasteiger partial charge in [-0.2, -0.15) is 0 Å². The number of likely N-dealkylation sites (N-methyl/N-ethyl adjacent to an activating group) is 1. The molecule has 0 amide bonds. The van der Waals surface area contributed by atoms with E-state index in [1.54, 1.807) is 0 Å². The van der Waals surface area contributed by atoms with E-state index in [1.165, 1.54) is 5.56 Å². The number of ether oxygens (including phenoxy) is 3. The van der Waals surface area contributed by atoms with E-state index in [4.69, 9.17) is 14.2 Å². The Bertz CT molecular complexity index is 1060. The molecule has 4 rings (SSSR count). The number of hydrogen-bond donors (Lipinski definition) is 0. The summed E-state index contributed by atoms with van der Waals surface area (Å²) in [6.07, 6.45) is 0.800. The third-order valence-corrected chi connectivity index (χ3v) is 6.58. The Hall–Kier alpha value is -3.28. The smallest absolute Gasteiger partial charge is 0.143 e. The molecule has 4 nitrogen and oxygen atoms in total. The number of benzene rings is 4. The van der Waals surface area contributed by atoms with E-state index in [9.17, 15) is 0 Å². The van der Waals surface area contributed by atoms with E-state index >= 15 is 0 Å². The van der Waals surface area contributed by atoms with Crippen molar-refractivity contribution in [2.45, 2.75) is 18.6 Å². The summed E-state index contributed by atoms with van der Waals surface area (Å²) in [5.41, 5.74) is 3.98. The zero-order valence-electron chi connectivity index (χ0n) is 22.4. The second kappa shape index (κ2) is 15.2. The van der Waals surface area contributed by atoms with Gasteiger partial charge in [-0.05, 0) is 35.7 Å². The van der Waals surface area contributed by atoms with E-state index in [0.29, 0.717) is 33.0 Å². The van der Waals surface area contributed by atoms with Gasteiger partial charge in [0.05, 0.1) is 26.4 Å². The summed E-state index contributed by atoms with van der Waals surface area (Å²) < 4.78 is 18.4. The molecule has 0 radical (unpaired) electrons. The van der Waals surface area contributed by atoms with Crippen LogP contribution in [-0.2, 0) is 26.4 Å². The zero-order valence-corrected chi connectivity index (χ0v) is 22.4. The highest BCUT2D eigenvalue weighted by atomic mass is 16.5. The van der Waals surface area contributed by atoms with Gasteiger partial charge < -0.3 is 14.2 Å². The fraction of sp³-hybridized carbons (Fsp3) is 0.294. The predicted molar refractivity (Wildman–Crippen MR) is 154 cm³/mol. The average Bonchev–Trinajstić information content (AvgIpc) is 2.98. The molecule has 0 aliphatic carbocycles. The van der Waals surface area contributed by atoms with Crippen molar-refractivity contribution < 1.29 is 14.2 Å². The molecular formula is C34H39NO3. The van der Waals surface area contributed by atoms with Crippen LogP contribution in [0.3, 0.4) is 0 Å². The first-order valence-electron chi connectivity index (χ1n) is 13.5. The van der Waals surface area contributed by atoms with Gasteiger partial charge >= 0.3 is 0 Å². The summed E-state index contributed by atoms with van der Waals surface area (Å²) in [6.45, 7) is 4.91. The Labute approximate surface area is 227 Å². The van der Waals surface area contributed by atoms with Crippen molar-refractivity contribution in [1.29, 1.82) is 0 Å². The minimum absolute atomic E-state index is 0.573. The number of hydrogen-bond acceptors (Lipinski definition) is 4. The van der Waals surface area contributed by atoms with Crippen molar-refractivity contribution in [1.82, 2.24) is 4.90 Å². The van der Waals surface area contributed by atoms with Gasteiger partial charge in [-0.25, -0.2) is 0 Å². The molecule has 4 aromatic rings. The summed E-state index contributed by atoms with van der Waals surface area (Å²) in [7, 11) is 2.12. The fourth-order valence-electron chi connectivity index (χ4n) is 4.67. The number of rotatable bonds is 16. The lowest BCUT2D eigenvalue weighted by Gasteiger charge is -2.36. The molecule has 0 N–H and O–H groups in total. The fourth-order valence-corrected chi connectivity index (χ4v) is 4.67. The Balaban J connectivity index is 1.23. The Morgan fingerprint density at radius 2 is 0.974 bits per heavy atom. The van der Waals surface area contributed by atoms with Crippen LogP contribution >= 0.6 is 0 Å². The SMILES string of the molecule is CN(CCOCCOCCCOC(c1ccccc1)(c1ccccc1)c1ccccc1)Cc1ccccc1. The van der Waals surface area contributed by atoms with Crippen molar-refractivity contribution in [3.63, 3.8) is 0 Å². The number of nitrogens with zero attached hydrogens (tertiary/aromatic N) is 1. The molecule has 0 aliphatic heterocycles. The lowest BCUT2D eigenvalue weighted by Crippen LogP contribution is -2.33. The predicted octanol–water partition coefficient (Wildman–Crippen LogP) is 6.55. The van der Waals surface area contributed by atoms with Crippen LogP contribution in [0.25, 0.3) is 0 Å². The van der Waals surface area contributed by atoms with E-state index in [-0.39, 0.29) is 0 Å². The Morgan fingerprint density at radius 1 is 0.526 bits per heavy atom. The van der Waals surface area contributed by atoms with Crippen molar-refractivity contribution in [3.8, 4) is 0 Å². The molecule has 0 bridgehead atoms. The summed E-state index contributed by atoms with van der Waals surface area (Å²) in [5, 5.41) is 0. The zero-order chi connectivity index (χ0) is 26.3. The summed E-state index contributed by atoms with van der Waals surface area (Å²) in [4.78, 5) is 2.27. The molecule has 198 valence electrons. The van der Waals surface area contributed by atoms with Crippen LogP contribution in [-0.4, -0.2) is 51.5 Å². The third kappa shape index (κ3) is 7.86. The van der Waals surface area contributed by atoms with E-state index in [2.05, 4.69) is 109 Å². The van der Waals surface area contributed by atoms with Gasteiger partial charge in [0.2, 0.25) is 0 Å². The minimum Gasteiger partial charge on any atom is -0.379 e. The highest BCUT2D eigenvalue weighted by molar-refractivity contribution is 5.47. The average molecular weight is 510 g/mol. The summed E-state index contributed by atoms with van der Waals surface area (Å²) in [5.74, 6) is 0. The highest BCUT2D eigenvalue weighted by Crippen LogP contribution is 2.40. The largest absolute Gasteiger partial charge is 0.379 e. The lowest BCUT2D eigenvalue weighted by molar-refractivity contribution is -0.00766. The molecule has 0 atom stereocenters. The van der Waals surface area contributed by atoms with Crippen LogP contribution < -0.4 is 0 Å². The molecule has 4 heteroatoms. The second-order valence-electron chi connectivity index (χ2n) is 9.43. The van der Waals surface area contributed by atoms with Gasteiger partial charge in [0.15, 0.2) is 0 Å². The molecule has 0 saturated carbocycles. The van der Waals surface area contributed by atoms with Crippen molar-refractivity contribution in [2.75, 3.05) is 46.6 Å². The van der Waals surface area contributed by atoms with Gasteiger partial charge in [0, 0.05) is 19.7 Å².